The average molecular weight is 366 g/mol. The molecule has 4 aliphatic rings. The molecule has 1 aromatic carbocycles. The van der Waals surface area contributed by atoms with Crippen LogP contribution in [0.15, 0.2) is 47.4 Å². The first kappa shape index (κ1) is 15.6. The van der Waals surface area contributed by atoms with Crippen LogP contribution in [-0.2, 0) is 14.4 Å². The summed E-state index contributed by atoms with van der Waals surface area (Å²) in [5.41, 5.74) is 0.774. The topological polar surface area (TPSA) is 74.8 Å². The number of hydrazine groups is 1. The lowest BCUT2D eigenvalue weighted by Crippen LogP contribution is -2.49. The van der Waals surface area contributed by atoms with Crippen LogP contribution in [0.1, 0.15) is 12.0 Å². The van der Waals surface area contributed by atoms with Crippen molar-refractivity contribution in [3.8, 4) is 0 Å². The van der Waals surface area contributed by atoms with E-state index in [2.05, 4.69) is 0 Å². The Morgan fingerprint density at radius 1 is 0.885 bits per heavy atom. The van der Waals surface area contributed by atoms with E-state index in [0.29, 0.717) is 0 Å². The predicted octanol–water partition coefficient (Wildman–Crippen LogP) is 2.45. The molecule has 4 amide bonds. The number of hydrogen-bond donors (Lipinski definition) is 0. The van der Waals surface area contributed by atoms with E-state index >= 15 is 0 Å². The summed E-state index contributed by atoms with van der Waals surface area (Å²) in [6.45, 7) is 0. The number of amides is 4. The molecule has 5 rings (SSSR count). The van der Waals surface area contributed by atoms with Gasteiger partial charge in [-0.1, -0.05) is 42.5 Å². The first-order chi connectivity index (χ1) is 12.6. The highest BCUT2D eigenvalue weighted by molar-refractivity contribution is 8.18. The minimum Gasteiger partial charge on any atom is -0.272 e. The molecule has 130 valence electrons. The molecule has 0 radical (unpaired) electrons. The Morgan fingerprint density at radius 2 is 1.50 bits per heavy atom. The third-order valence-electron chi connectivity index (χ3n) is 5.52. The van der Waals surface area contributed by atoms with Gasteiger partial charge in [-0.05, 0) is 41.7 Å². The van der Waals surface area contributed by atoms with E-state index in [0.717, 1.165) is 33.8 Å². The monoisotopic (exact) mass is 366 g/mol. The standard InChI is InChI=1S/C19H14N2O4S/c22-16-13(8-10-4-2-1-3-5-10)26-19(25)21(16)20-17(23)14-11-6-7-12(9-11)15(14)18(20)24/h1-8,11-12,14-15H,9H2. The molecule has 26 heavy (non-hydrogen) atoms. The molecule has 0 spiro atoms. The Hall–Kier alpha value is -2.67. The van der Waals surface area contributed by atoms with Crippen molar-refractivity contribution in [2.45, 2.75) is 6.42 Å². The second-order valence-electron chi connectivity index (χ2n) is 6.89. The number of fused-ring (bicyclic) bond motifs is 5. The molecule has 7 heteroatoms. The van der Waals surface area contributed by atoms with Gasteiger partial charge in [-0.15, -0.1) is 0 Å². The molecule has 2 aliphatic carbocycles. The minimum absolute atomic E-state index is 0.0336. The summed E-state index contributed by atoms with van der Waals surface area (Å²) in [4.78, 5) is 51.0. The summed E-state index contributed by atoms with van der Waals surface area (Å²) >= 11 is 0.750. The fourth-order valence-electron chi connectivity index (χ4n) is 4.42. The van der Waals surface area contributed by atoms with Gasteiger partial charge < -0.3 is 0 Å². The number of rotatable bonds is 2. The maximum absolute atomic E-state index is 12.8. The number of allylic oxidation sites excluding steroid dienone is 2. The Kier molecular flexibility index (Phi) is 3.24. The summed E-state index contributed by atoms with van der Waals surface area (Å²) < 4.78 is 0. The third kappa shape index (κ3) is 2.00. The zero-order chi connectivity index (χ0) is 18.0. The van der Waals surface area contributed by atoms with Crippen LogP contribution in [-0.4, -0.2) is 33.0 Å². The van der Waals surface area contributed by atoms with Gasteiger partial charge in [-0.25, -0.2) is 0 Å². The number of thioether (sulfide) groups is 1. The Labute approximate surface area is 153 Å². The van der Waals surface area contributed by atoms with Gasteiger partial charge in [0.05, 0.1) is 16.7 Å². The minimum atomic E-state index is -0.620. The van der Waals surface area contributed by atoms with E-state index in [9.17, 15) is 19.2 Å². The van der Waals surface area contributed by atoms with Crippen molar-refractivity contribution >= 4 is 40.8 Å². The van der Waals surface area contributed by atoms with Crippen LogP contribution >= 0.6 is 11.8 Å². The lowest BCUT2D eigenvalue weighted by molar-refractivity contribution is -0.160. The van der Waals surface area contributed by atoms with Crippen molar-refractivity contribution in [2.24, 2.45) is 23.7 Å². The summed E-state index contributed by atoms with van der Waals surface area (Å²) in [6.07, 6.45) is 6.35. The van der Waals surface area contributed by atoms with E-state index in [-0.39, 0.29) is 16.7 Å². The fraction of sp³-hybridized carbons (Fsp3) is 0.263. The van der Waals surface area contributed by atoms with E-state index in [1.807, 2.05) is 42.5 Å². The molecule has 0 aromatic heterocycles. The lowest BCUT2D eigenvalue weighted by atomic mass is 9.85. The third-order valence-corrected chi connectivity index (χ3v) is 6.38. The maximum atomic E-state index is 12.8. The lowest BCUT2D eigenvalue weighted by Gasteiger charge is -2.24. The summed E-state index contributed by atoms with van der Waals surface area (Å²) in [6, 6.07) is 9.13. The van der Waals surface area contributed by atoms with Gasteiger partial charge in [-0.2, -0.15) is 10.0 Å². The zero-order valence-corrected chi connectivity index (χ0v) is 14.4. The van der Waals surface area contributed by atoms with Crippen LogP contribution in [0.5, 0.6) is 0 Å². The van der Waals surface area contributed by atoms with Gasteiger partial charge >= 0.3 is 5.24 Å². The largest absolute Gasteiger partial charge is 0.313 e. The number of benzene rings is 1. The smallest absolute Gasteiger partial charge is 0.272 e. The van der Waals surface area contributed by atoms with Gasteiger partial charge in [0.15, 0.2) is 0 Å². The molecule has 2 bridgehead atoms. The molecule has 4 atom stereocenters. The Morgan fingerprint density at radius 3 is 2.12 bits per heavy atom. The van der Waals surface area contributed by atoms with Crippen molar-refractivity contribution in [1.29, 1.82) is 0 Å². The zero-order valence-electron chi connectivity index (χ0n) is 13.6. The van der Waals surface area contributed by atoms with E-state index in [1.165, 1.54) is 0 Å². The van der Waals surface area contributed by atoms with Crippen LogP contribution in [0.4, 0.5) is 4.79 Å². The highest BCUT2D eigenvalue weighted by Crippen LogP contribution is 2.53. The molecule has 2 aliphatic heterocycles. The maximum Gasteiger partial charge on any atom is 0.313 e. The molecule has 1 saturated carbocycles. The van der Waals surface area contributed by atoms with Gasteiger partial charge in [0, 0.05) is 0 Å². The Bertz CT molecular complexity index is 893. The van der Waals surface area contributed by atoms with Gasteiger partial charge in [0.1, 0.15) is 0 Å². The van der Waals surface area contributed by atoms with Crippen molar-refractivity contribution in [3.63, 3.8) is 0 Å². The van der Waals surface area contributed by atoms with Crippen LogP contribution in [0.25, 0.3) is 6.08 Å². The van der Waals surface area contributed by atoms with Crippen LogP contribution in [0.2, 0.25) is 0 Å². The number of carbonyl (C=O) groups is 4. The number of carbonyl (C=O) groups excluding carboxylic acids is 4. The summed E-state index contributed by atoms with van der Waals surface area (Å²) in [5.74, 6) is -2.29. The molecule has 2 heterocycles. The van der Waals surface area contributed by atoms with E-state index in [4.69, 9.17) is 0 Å². The molecule has 4 unspecified atom stereocenters. The van der Waals surface area contributed by atoms with Crippen molar-refractivity contribution in [1.82, 2.24) is 10.0 Å². The highest BCUT2D eigenvalue weighted by atomic mass is 32.2. The van der Waals surface area contributed by atoms with Gasteiger partial charge in [-0.3, -0.25) is 19.2 Å². The molecular formula is C19H14N2O4S. The van der Waals surface area contributed by atoms with Crippen molar-refractivity contribution in [3.05, 3.63) is 53.0 Å². The Balaban J connectivity index is 1.47. The average Bonchev–Trinajstić information content (AvgIpc) is 3.36. The van der Waals surface area contributed by atoms with Crippen LogP contribution in [0, 0.1) is 23.7 Å². The molecule has 3 fully saturated rings. The van der Waals surface area contributed by atoms with E-state index in [1.54, 1.807) is 6.08 Å². The van der Waals surface area contributed by atoms with Crippen LogP contribution < -0.4 is 0 Å². The van der Waals surface area contributed by atoms with Crippen molar-refractivity contribution < 1.29 is 19.2 Å². The molecular weight excluding hydrogens is 352 g/mol. The van der Waals surface area contributed by atoms with Crippen LogP contribution in [0.3, 0.4) is 0 Å². The predicted molar refractivity (Wildman–Crippen MR) is 93.8 cm³/mol. The molecule has 2 saturated heterocycles. The van der Waals surface area contributed by atoms with Crippen molar-refractivity contribution in [2.75, 3.05) is 0 Å². The molecule has 6 nitrogen and oxygen atoms in total. The fourth-order valence-corrected chi connectivity index (χ4v) is 5.22. The normalized spacial score (nSPS) is 33.9. The summed E-state index contributed by atoms with van der Waals surface area (Å²) in [5, 5.41) is 0.909. The number of hydrogen-bond acceptors (Lipinski definition) is 5. The molecule has 0 N–H and O–H groups in total. The summed E-state index contributed by atoms with van der Waals surface area (Å²) in [7, 11) is 0. The molecule has 1 aromatic rings. The SMILES string of the molecule is O=C1SC(=Cc2ccccc2)C(=O)N1N1C(=O)C2C3C=CC(C3)C2C1=O. The first-order valence-corrected chi connectivity index (χ1v) is 9.27. The number of nitrogens with zero attached hydrogens (tertiary/aromatic N) is 2. The highest BCUT2D eigenvalue weighted by Gasteiger charge is 2.62. The van der Waals surface area contributed by atoms with E-state index < -0.39 is 34.8 Å². The first-order valence-electron chi connectivity index (χ1n) is 8.45. The number of imide groups is 2. The quantitative estimate of drug-likeness (QED) is 0.457. The van der Waals surface area contributed by atoms with Gasteiger partial charge in [0.2, 0.25) is 0 Å². The second kappa shape index (κ2) is 5.41. The second-order valence-corrected chi connectivity index (χ2v) is 7.89. The van der Waals surface area contributed by atoms with Gasteiger partial charge in [0.25, 0.3) is 17.7 Å².